The van der Waals surface area contributed by atoms with Crippen molar-refractivity contribution in [1.82, 2.24) is 5.32 Å². The number of carboxylic acids is 1. The topological polar surface area (TPSA) is 82.7 Å². The van der Waals surface area contributed by atoms with Gasteiger partial charge in [0.1, 0.15) is 11.3 Å². The summed E-state index contributed by atoms with van der Waals surface area (Å²) in [5.41, 5.74) is 0.115. The second kappa shape index (κ2) is 6.94. The Kier molecular flexibility index (Phi) is 5.21. The highest BCUT2D eigenvalue weighted by Crippen LogP contribution is 2.27. The number of aryl methyl sites for hydroxylation is 1. The van der Waals surface area contributed by atoms with Gasteiger partial charge < -0.3 is 19.9 Å². The average molecular weight is 305 g/mol. The molecule has 0 aliphatic rings. The molecule has 0 aliphatic heterocycles. The van der Waals surface area contributed by atoms with E-state index >= 15 is 0 Å². The Labute approximate surface area is 129 Å². The predicted octanol–water partition coefficient (Wildman–Crippen LogP) is 2.70. The van der Waals surface area contributed by atoms with Crippen LogP contribution in [-0.2, 0) is 17.8 Å². The molecule has 0 radical (unpaired) electrons. The minimum absolute atomic E-state index is 0.0188. The summed E-state index contributed by atoms with van der Waals surface area (Å²) >= 11 is 0. The van der Waals surface area contributed by atoms with E-state index in [4.69, 9.17) is 9.52 Å². The van der Waals surface area contributed by atoms with Gasteiger partial charge in [-0.3, -0.25) is 0 Å². The van der Waals surface area contributed by atoms with E-state index in [0.717, 1.165) is 41.6 Å². The Hall–Kier alpha value is -1.85. The SMILES string of the molecule is CCCCc1oc2ccccc2c1CNCC(C)(O)C(=O)O. The molecule has 1 aromatic carbocycles. The van der Waals surface area contributed by atoms with Crippen molar-refractivity contribution in [2.45, 2.75) is 45.3 Å². The maximum atomic E-state index is 10.9. The maximum Gasteiger partial charge on any atom is 0.336 e. The molecule has 2 rings (SSSR count). The minimum Gasteiger partial charge on any atom is -0.479 e. The number of aliphatic carboxylic acids is 1. The Morgan fingerprint density at radius 3 is 2.77 bits per heavy atom. The van der Waals surface area contributed by atoms with Gasteiger partial charge in [0.25, 0.3) is 0 Å². The van der Waals surface area contributed by atoms with Crippen LogP contribution < -0.4 is 5.32 Å². The Morgan fingerprint density at radius 2 is 2.09 bits per heavy atom. The summed E-state index contributed by atoms with van der Waals surface area (Å²) in [4.78, 5) is 10.9. The van der Waals surface area contributed by atoms with Gasteiger partial charge in [0.2, 0.25) is 0 Å². The molecule has 1 unspecified atom stereocenters. The molecule has 3 N–H and O–H groups in total. The molecule has 0 fully saturated rings. The molecule has 120 valence electrons. The maximum absolute atomic E-state index is 10.9. The molecule has 1 atom stereocenters. The lowest BCUT2D eigenvalue weighted by Crippen LogP contribution is -2.44. The normalized spacial score (nSPS) is 14.1. The van der Waals surface area contributed by atoms with Gasteiger partial charge in [-0.25, -0.2) is 4.79 Å². The zero-order valence-corrected chi connectivity index (χ0v) is 13.1. The lowest BCUT2D eigenvalue weighted by molar-refractivity contribution is -0.156. The average Bonchev–Trinajstić information content (AvgIpc) is 2.83. The molecule has 2 aromatic rings. The fourth-order valence-electron chi connectivity index (χ4n) is 2.39. The van der Waals surface area contributed by atoms with Crippen LogP contribution >= 0.6 is 0 Å². The highest BCUT2D eigenvalue weighted by atomic mass is 16.4. The summed E-state index contributed by atoms with van der Waals surface area (Å²) in [5, 5.41) is 22.8. The van der Waals surface area contributed by atoms with Crippen LogP contribution in [0.1, 0.15) is 38.0 Å². The molecule has 22 heavy (non-hydrogen) atoms. The van der Waals surface area contributed by atoms with Gasteiger partial charge in [-0.2, -0.15) is 0 Å². The van der Waals surface area contributed by atoms with Gasteiger partial charge in [0, 0.05) is 30.5 Å². The number of hydrogen-bond donors (Lipinski definition) is 3. The summed E-state index contributed by atoms with van der Waals surface area (Å²) in [5.74, 6) is -0.297. The lowest BCUT2D eigenvalue weighted by atomic mass is 10.1. The van der Waals surface area contributed by atoms with Gasteiger partial charge in [-0.05, 0) is 19.4 Å². The molecule has 1 heterocycles. The summed E-state index contributed by atoms with van der Waals surface area (Å²) in [7, 11) is 0. The van der Waals surface area contributed by atoms with Crippen molar-refractivity contribution in [3.63, 3.8) is 0 Å². The van der Waals surface area contributed by atoms with Crippen LogP contribution in [0, 0.1) is 0 Å². The first-order chi connectivity index (χ1) is 10.5. The highest BCUT2D eigenvalue weighted by Gasteiger charge is 2.29. The summed E-state index contributed by atoms with van der Waals surface area (Å²) in [6, 6.07) is 7.82. The number of rotatable bonds is 8. The Balaban J connectivity index is 2.16. The zero-order valence-electron chi connectivity index (χ0n) is 13.1. The van der Waals surface area contributed by atoms with Crippen LogP contribution in [0.5, 0.6) is 0 Å². The number of furan rings is 1. The van der Waals surface area contributed by atoms with Gasteiger partial charge in [-0.15, -0.1) is 0 Å². The fourth-order valence-corrected chi connectivity index (χ4v) is 2.39. The van der Waals surface area contributed by atoms with Crippen LogP contribution in [0.3, 0.4) is 0 Å². The summed E-state index contributed by atoms with van der Waals surface area (Å²) in [6.45, 7) is 3.87. The van der Waals surface area contributed by atoms with Crippen molar-refractivity contribution >= 4 is 16.9 Å². The smallest absolute Gasteiger partial charge is 0.336 e. The number of nitrogens with one attached hydrogen (secondary N) is 1. The first kappa shape index (κ1) is 16.5. The molecular formula is C17H23NO4. The number of aliphatic hydroxyl groups is 1. The van der Waals surface area contributed by atoms with E-state index < -0.39 is 11.6 Å². The number of benzene rings is 1. The first-order valence-electron chi connectivity index (χ1n) is 7.61. The molecule has 0 spiro atoms. The quantitative estimate of drug-likeness (QED) is 0.698. The lowest BCUT2D eigenvalue weighted by Gasteiger charge is -2.18. The third-order valence-corrected chi connectivity index (χ3v) is 3.77. The molecule has 0 saturated heterocycles. The van der Waals surface area contributed by atoms with Crippen molar-refractivity contribution in [2.24, 2.45) is 0 Å². The van der Waals surface area contributed by atoms with Crippen LogP contribution in [0.4, 0.5) is 0 Å². The highest BCUT2D eigenvalue weighted by molar-refractivity contribution is 5.82. The molecule has 0 saturated carbocycles. The monoisotopic (exact) mass is 305 g/mol. The van der Waals surface area contributed by atoms with Gasteiger partial charge in [-0.1, -0.05) is 31.5 Å². The van der Waals surface area contributed by atoms with E-state index in [1.165, 1.54) is 6.92 Å². The summed E-state index contributed by atoms with van der Waals surface area (Å²) < 4.78 is 5.91. The Morgan fingerprint density at radius 1 is 1.36 bits per heavy atom. The predicted molar refractivity (Wildman–Crippen MR) is 84.8 cm³/mol. The van der Waals surface area contributed by atoms with Gasteiger partial charge in [0.15, 0.2) is 5.60 Å². The van der Waals surface area contributed by atoms with Crippen molar-refractivity contribution in [2.75, 3.05) is 6.54 Å². The van der Waals surface area contributed by atoms with E-state index in [9.17, 15) is 9.90 Å². The second-order valence-electron chi connectivity index (χ2n) is 5.79. The number of carboxylic acid groups (broad SMARTS) is 1. The second-order valence-corrected chi connectivity index (χ2v) is 5.79. The van der Waals surface area contributed by atoms with E-state index in [2.05, 4.69) is 12.2 Å². The molecule has 5 heteroatoms. The Bertz CT molecular complexity index is 645. The molecule has 0 amide bonds. The van der Waals surface area contributed by atoms with E-state index in [1.54, 1.807) is 0 Å². The number of para-hydroxylation sites is 1. The number of fused-ring (bicyclic) bond motifs is 1. The van der Waals surface area contributed by atoms with Crippen molar-refractivity contribution in [3.05, 3.63) is 35.6 Å². The van der Waals surface area contributed by atoms with E-state index in [-0.39, 0.29) is 6.54 Å². The zero-order chi connectivity index (χ0) is 16.2. The van der Waals surface area contributed by atoms with Crippen LogP contribution in [0.15, 0.2) is 28.7 Å². The van der Waals surface area contributed by atoms with Crippen LogP contribution in [0.25, 0.3) is 11.0 Å². The van der Waals surface area contributed by atoms with Crippen molar-refractivity contribution < 1.29 is 19.4 Å². The molecule has 0 aliphatic carbocycles. The minimum atomic E-state index is -1.77. The van der Waals surface area contributed by atoms with E-state index in [0.29, 0.717) is 6.54 Å². The largest absolute Gasteiger partial charge is 0.479 e. The molecule has 0 bridgehead atoms. The van der Waals surface area contributed by atoms with Crippen LogP contribution in [-0.4, -0.2) is 28.3 Å². The van der Waals surface area contributed by atoms with Crippen molar-refractivity contribution in [1.29, 1.82) is 0 Å². The standard InChI is InChI=1S/C17H23NO4/c1-3-4-8-15-13(10-18-11-17(2,21)16(19)20)12-7-5-6-9-14(12)22-15/h5-7,9,18,21H,3-4,8,10-11H2,1-2H3,(H,19,20). The number of hydrogen-bond acceptors (Lipinski definition) is 4. The van der Waals surface area contributed by atoms with E-state index in [1.807, 2.05) is 24.3 Å². The molecule has 5 nitrogen and oxygen atoms in total. The number of unbranched alkanes of at least 4 members (excludes halogenated alkanes) is 1. The van der Waals surface area contributed by atoms with Crippen molar-refractivity contribution in [3.8, 4) is 0 Å². The fraction of sp³-hybridized carbons (Fsp3) is 0.471. The van der Waals surface area contributed by atoms with Gasteiger partial charge in [0.05, 0.1) is 0 Å². The third-order valence-electron chi connectivity index (χ3n) is 3.77. The van der Waals surface area contributed by atoms with Gasteiger partial charge >= 0.3 is 5.97 Å². The number of carbonyl (C=O) groups is 1. The first-order valence-corrected chi connectivity index (χ1v) is 7.61. The molecular weight excluding hydrogens is 282 g/mol. The van der Waals surface area contributed by atoms with Crippen LogP contribution in [0.2, 0.25) is 0 Å². The summed E-state index contributed by atoms with van der Waals surface area (Å²) in [6.07, 6.45) is 2.98. The third kappa shape index (κ3) is 3.67. The molecule has 1 aromatic heterocycles.